The molecule has 2 amide bonds. The van der Waals surface area contributed by atoms with Crippen LogP contribution < -0.4 is 16.0 Å². The highest BCUT2D eigenvalue weighted by molar-refractivity contribution is 9.10. The van der Waals surface area contributed by atoms with E-state index in [1.165, 1.54) is 22.9 Å². The first kappa shape index (κ1) is 31.2. The molecule has 0 radical (unpaired) electrons. The lowest BCUT2D eigenvalue weighted by molar-refractivity contribution is -0.137. The molecule has 2 aromatic heterocycles. The summed E-state index contributed by atoms with van der Waals surface area (Å²) in [6, 6.07) is 9.80. The summed E-state index contributed by atoms with van der Waals surface area (Å²) in [4.78, 5) is 40.9. The number of nitrogens with zero attached hydrogens (tertiary/aromatic N) is 3. The lowest BCUT2D eigenvalue weighted by Gasteiger charge is -2.25. The zero-order chi connectivity index (χ0) is 31.5. The minimum absolute atomic E-state index is 0.00689. The highest BCUT2D eigenvalue weighted by atomic mass is 79.9. The number of aromatic nitrogens is 2. The molecule has 226 valence electrons. The van der Waals surface area contributed by atoms with Gasteiger partial charge in [-0.25, -0.2) is 18.6 Å². The SMILES string of the molecule is NC(=O)c1c(F)ccc(OC(CN(CCn2ccccc2=O)C(=O)O)c2nc(-c3ccc(C(F)(F)F)cc3)c(Br)o2)c1F. The summed E-state index contributed by atoms with van der Waals surface area (Å²) in [7, 11) is 0. The Morgan fingerprint density at radius 3 is 2.42 bits per heavy atom. The Hall–Kier alpha value is -4.73. The van der Waals surface area contributed by atoms with E-state index < -0.39 is 64.9 Å². The fraction of sp³-hybridized carbons (Fsp3) is 0.185. The van der Waals surface area contributed by atoms with Crippen LogP contribution in [0, 0.1) is 11.6 Å². The summed E-state index contributed by atoms with van der Waals surface area (Å²) in [5.74, 6) is -5.22. The van der Waals surface area contributed by atoms with E-state index in [1.54, 1.807) is 6.07 Å². The Labute approximate surface area is 247 Å². The number of rotatable bonds is 10. The first-order valence-electron chi connectivity index (χ1n) is 12.2. The van der Waals surface area contributed by atoms with E-state index in [0.717, 1.165) is 35.2 Å². The van der Waals surface area contributed by atoms with Crippen LogP contribution in [0.5, 0.6) is 5.75 Å². The highest BCUT2D eigenvalue weighted by Crippen LogP contribution is 2.36. The van der Waals surface area contributed by atoms with Crippen LogP contribution in [0.4, 0.5) is 26.7 Å². The fourth-order valence-electron chi connectivity index (χ4n) is 3.96. The minimum Gasteiger partial charge on any atom is -0.476 e. The molecule has 3 N–H and O–H groups in total. The number of pyridine rings is 1. The van der Waals surface area contributed by atoms with Gasteiger partial charge in [0, 0.05) is 30.9 Å². The van der Waals surface area contributed by atoms with E-state index >= 15 is 4.39 Å². The largest absolute Gasteiger partial charge is 0.476 e. The number of hydrogen-bond acceptors (Lipinski definition) is 6. The van der Waals surface area contributed by atoms with Crippen LogP contribution in [-0.2, 0) is 12.7 Å². The Bertz CT molecular complexity index is 1710. The van der Waals surface area contributed by atoms with Gasteiger partial charge in [-0.2, -0.15) is 13.2 Å². The van der Waals surface area contributed by atoms with Crippen molar-refractivity contribution in [2.24, 2.45) is 5.73 Å². The second-order valence-electron chi connectivity index (χ2n) is 8.92. The summed E-state index contributed by atoms with van der Waals surface area (Å²) in [6.07, 6.45) is -6.16. The van der Waals surface area contributed by atoms with Gasteiger partial charge in [0.05, 0.1) is 12.1 Å². The van der Waals surface area contributed by atoms with Gasteiger partial charge in [-0.3, -0.25) is 9.59 Å². The molecule has 0 saturated carbocycles. The summed E-state index contributed by atoms with van der Waals surface area (Å²) in [5.41, 5.74) is 2.85. The van der Waals surface area contributed by atoms with Crippen LogP contribution in [0.15, 0.2) is 74.7 Å². The smallest absolute Gasteiger partial charge is 0.416 e. The molecule has 10 nitrogen and oxygen atoms in total. The first-order chi connectivity index (χ1) is 20.3. The van der Waals surface area contributed by atoms with Gasteiger partial charge in [0.15, 0.2) is 22.3 Å². The van der Waals surface area contributed by atoms with Crippen molar-refractivity contribution in [2.45, 2.75) is 18.8 Å². The van der Waals surface area contributed by atoms with Crippen LogP contribution in [0.3, 0.4) is 0 Å². The monoisotopic (exact) mass is 670 g/mol. The van der Waals surface area contributed by atoms with Gasteiger partial charge >= 0.3 is 12.3 Å². The fourth-order valence-corrected chi connectivity index (χ4v) is 4.44. The average Bonchev–Trinajstić information content (AvgIpc) is 3.33. The quantitative estimate of drug-likeness (QED) is 0.213. The van der Waals surface area contributed by atoms with Crippen molar-refractivity contribution in [1.29, 1.82) is 0 Å². The molecule has 0 fully saturated rings. The molecule has 1 unspecified atom stereocenters. The molecule has 16 heteroatoms. The molecule has 0 bridgehead atoms. The van der Waals surface area contributed by atoms with E-state index in [4.69, 9.17) is 14.9 Å². The maximum Gasteiger partial charge on any atom is 0.416 e. The Morgan fingerprint density at radius 2 is 1.81 bits per heavy atom. The number of nitrogens with two attached hydrogens (primary N) is 1. The van der Waals surface area contributed by atoms with Gasteiger partial charge in [0.25, 0.3) is 11.5 Å². The van der Waals surface area contributed by atoms with Gasteiger partial charge in [0.1, 0.15) is 17.1 Å². The number of hydrogen-bond donors (Lipinski definition) is 2. The minimum atomic E-state index is -4.59. The molecule has 4 aromatic rings. The Morgan fingerprint density at radius 1 is 1.12 bits per heavy atom. The number of carbonyl (C=O) groups is 2. The van der Waals surface area contributed by atoms with Gasteiger partial charge in [-0.1, -0.05) is 18.2 Å². The van der Waals surface area contributed by atoms with Crippen molar-refractivity contribution in [2.75, 3.05) is 13.1 Å². The van der Waals surface area contributed by atoms with Crippen LogP contribution in [0.25, 0.3) is 11.3 Å². The van der Waals surface area contributed by atoms with Crippen LogP contribution in [-0.4, -0.2) is 44.6 Å². The van der Waals surface area contributed by atoms with Crippen molar-refractivity contribution in [3.05, 3.63) is 104 Å². The van der Waals surface area contributed by atoms with Gasteiger partial charge in [0.2, 0.25) is 5.89 Å². The van der Waals surface area contributed by atoms with Crippen molar-refractivity contribution >= 4 is 27.9 Å². The number of benzene rings is 2. The lowest BCUT2D eigenvalue weighted by Crippen LogP contribution is -2.38. The molecule has 0 saturated heterocycles. The molecule has 1 atom stereocenters. The predicted octanol–water partition coefficient (Wildman–Crippen LogP) is 5.46. The number of alkyl halides is 3. The van der Waals surface area contributed by atoms with Crippen LogP contribution >= 0.6 is 15.9 Å². The number of oxazole rings is 1. The van der Waals surface area contributed by atoms with Crippen LogP contribution in [0.2, 0.25) is 0 Å². The van der Waals surface area contributed by atoms with E-state index in [9.17, 15) is 37.1 Å². The first-order valence-corrected chi connectivity index (χ1v) is 13.0. The lowest BCUT2D eigenvalue weighted by atomic mass is 10.1. The maximum atomic E-state index is 15.1. The van der Waals surface area contributed by atoms with E-state index in [0.29, 0.717) is 6.07 Å². The molecule has 43 heavy (non-hydrogen) atoms. The number of carboxylic acid groups (broad SMARTS) is 1. The van der Waals surface area contributed by atoms with Crippen molar-refractivity contribution < 1.29 is 45.8 Å². The van der Waals surface area contributed by atoms with E-state index in [1.807, 2.05) is 0 Å². The summed E-state index contributed by atoms with van der Waals surface area (Å²) >= 11 is 3.12. The molecule has 0 spiro atoms. The second kappa shape index (κ2) is 12.6. The number of ether oxygens (including phenoxy) is 1. The standard InChI is InChI=1S/C27H20BrF5N4O6/c28-23-22(14-4-6-15(7-5-14)27(31,32)33)35-25(43-23)18(42-17-9-8-16(29)20(21(17)30)24(34)39)13-37(26(40)41)12-11-36-10-2-1-3-19(36)38/h1-10,18H,11-13H2,(H2,34,39)(H,40,41). The van der Waals surface area contributed by atoms with Crippen molar-refractivity contribution in [3.8, 4) is 17.0 Å². The number of halogens is 6. The van der Waals surface area contributed by atoms with Crippen molar-refractivity contribution in [3.63, 3.8) is 0 Å². The molecule has 0 aliphatic heterocycles. The third-order valence-electron chi connectivity index (χ3n) is 6.10. The van der Waals surface area contributed by atoms with Crippen LogP contribution in [0.1, 0.15) is 27.9 Å². The number of primary amides is 1. The maximum absolute atomic E-state index is 15.1. The van der Waals surface area contributed by atoms with Gasteiger partial charge < -0.3 is 29.5 Å². The normalized spacial score (nSPS) is 12.1. The zero-order valence-electron chi connectivity index (χ0n) is 21.6. The van der Waals surface area contributed by atoms with Gasteiger partial charge in [-0.05, 0) is 46.3 Å². The molecule has 0 aliphatic carbocycles. The summed E-state index contributed by atoms with van der Waals surface area (Å²) < 4.78 is 80.6. The predicted molar refractivity (Wildman–Crippen MR) is 143 cm³/mol. The third-order valence-corrected chi connectivity index (χ3v) is 6.64. The second-order valence-corrected chi connectivity index (χ2v) is 9.64. The van der Waals surface area contributed by atoms with Gasteiger partial charge in [-0.15, -0.1) is 0 Å². The number of carbonyl (C=O) groups excluding carboxylic acids is 1. The molecule has 0 aliphatic rings. The third kappa shape index (κ3) is 7.20. The molecule has 2 aromatic carbocycles. The molecule has 2 heterocycles. The van der Waals surface area contributed by atoms with E-state index in [2.05, 4.69) is 20.9 Å². The molecular formula is C27H20BrF5N4O6. The average molecular weight is 671 g/mol. The highest BCUT2D eigenvalue weighted by Gasteiger charge is 2.32. The Balaban J connectivity index is 1.71. The van der Waals surface area contributed by atoms with Crippen molar-refractivity contribution in [1.82, 2.24) is 14.5 Å². The zero-order valence-corrected chi connectivity index (χ0v) is 23.2. The van der Waals surface area contributed by atoms with E-state index in [-0.39, 0.29) is 34.9 Å². The molecule has 4 rings (SSSR count). The molecular weight excluding hydrogens is 651 g/mol. The summed E-state index contributed by atoms with van der Waals surface area (Å²) in [6.45, 7) is -0.925. The Kier molecular flexibility index (Phi) is 9.18. The topological polar surface area (TPSA) is 141 Å². The summed E-state index contributed by atoms with van der Waals surface area (Å²) in [5, 5.41) is 9.87. The number of amides is 2.